The van der Waals surface area contributed by atoms with Gasteiger partial charge in [-0.15, -0.1) is 11.3 Å². The average Bonchev–Trinajstić information content (AvgIpc) is 3.56. The number of amides is 3. The van der Waals surface area contributed by atoms with Crippen molar-refractivity contribution in [2.75, 3.05) is 31.6 Å². The molecule has 4 rings (SSSR count). The van der Waals surface area contributed by atoms with E-state index in [0.717, 1.165) is 23.3 Å². The van der Waals surface area contributed by atoms with E-state index in [1.165, 1.54) is 4.88 Å². The van der Waals surface area contributed by atoms with Gasteiger partial charge in [0.1, 0.15) is 12.3 Å². The third-order valence-corrected chi connectivity index (χ3v) is 7.19. The smallest absolute Gasteiger partial charge is 0.322 e. The van der Waals surface area contributed by atoms with Crippen molar-refractivity contribution < 1.29 is 19.1 Å². The van der Waals surface area contributed by atoms with Gasteiger partial charge in [0.15, 0.2) is 0 Å². The standard InChI is InChI=1S/C29H35N3O4S/c1-3-35-27-14-8-7-13-26(27)30-29(34)32(19-24-12-9-17-36-24)21-28(33)31(18-23-10-5-4-6-11-23)20-25-16-15-22(2)37-25/h4-8,10-11,13-16,24H,3,9,12,17-21H2,1-2H3,(H,30,34). The molecule has 3 amide bonds. The topological polar surface area (TPSA) is 71.1 Å². The van der Waals surface area contributed by atoms with Gasteiger partial charge < -0.3 is 24.6 Å². The summed E-state index contributed by atoms with van der Waals surface area (Å²) in [7, 11) is 0. The summed E-state index contributed by atoms with van der Waals surface area (Å²) in [4.78, 5) is 32.9. The first-order valence-corrected chi connectivity index (χ1v) is 13.6. The number of carbonyl (C=O) groups is 2. The van der Waals surface area contributed by atoms with Gasteiger partial charge in [0.2, 0.25) is 5.91 Å². The largest absolute Gasteiger partial charge is 0.492 e. The molecule has 37 heavy (non-hydrogen) atoms. The Morgan fingerprint density at radius 3 is 2.51 bits per heavy atom. The van der Waals surface area contributed by atoms with Crippen molar-refractivity contribution in [2.45, 2.75) is 45.9 Å². The Bertz CT molecular complexity index is 1160. The van der Waals surface area contributed by atoms with E-state index in [4.69, 9.17) is 9.47 Å². The zero-order valence-corrected chi connectivity index (χ0v) is 22.3. The van der Waals surface area contributed by atoms with Crippen LogP contribution in [-0.4, -0.2) is 54.1 Å². The second-order valence-corrected chi connectivity index (χ2v) is 10.5. The van der Waals surface area contributed by atoms with Crippen LogP contribution in [-0.2, 0) is 22.6 Å². The molecule has 1 aromatic heterocycles. The van der Waals surface area contributed by atoms with Gasteiger partial charge in [-0.25, -0.2) is 4.79 Å². The van der Waals surface area contributed by atoms with Crippen molar-refractivity contribution in [3.8, 4) is 5.75 Å². The molecule has 3 aromatic rings. The van der Waals surface area contributed by atoms with Crippen LogP contribution < -0.4 is 10.1 Å². The number of carbonyl (C=O) groups excluding carboxylic acids is 2. The lowest BCUT2D eigenvalue weighted by atomic mass is 10.2. The lowest BCUT2D eigenvalue weighted by Crippen LogP contribution is -2.46. The molecule has 196 valence electrons. The zero-order chi connectivity index (χ0) is 26.0. The van der Waals surface area contributed by atoms with Crippen molar-refractivity contribution in [1.29, 1.82) is 0 Å². The number of aryl methyl sites for hydroxylation is 1. The second-order valence-electron chi connectivity index (χ2n) is 9.12. The average molecular weight is 522 g/mol. The molecule has 1 saturated heterocycles. The summed E-state index contributed by atoms with van der Waals surface area (Å²) in [5.74, 6) is 0.488. The van der Waals surface area contributed by atoms with Crippen LogP contribution in [0.15, 0.2) is 66.7 Å². The predicted molar refractivity (Wildman–Crippen MR) is 147 cm³/mol. The van der Waals surface area contributed by atoms with Crippen LogP contribution in [0.1, 0.15) is 35.1 Å². The molecule has 8 heteroatoms. The minimum Gasteiger partial charge on any atom is -0.492 e. The predicted octanol–water partition coefficient (Wildman–Crippen LogP) is 5.70. The first kappa shape index (κ1) is 26.7. The quantitative estimate of drug-likeness (QED) is 0.352. The van der Waals surface area contributed by atoms with Crippen LogP contribution >= 0.6 is 11.3 Å². The van der Waals surface area contributed by atoms with E-state index < -0.39 is 0 Å². The number of nitrogens with one attached hydrogen (secondary N) is 1. The van der Waals surface area contributed by atoms with Crippen molar-refractivity contribution in [3.63, 3.8) is 0 Å². The zero-order valence-electron chi connectivity index (χ0n) is 21.5. The van der Waals surface area contributed by atoms with Gasteiger partial charge in [-0.1, -0.05) is 42.5 Å². The Balaban J connectivity index is 1.52. The number of thiophene rings is 1. The van der Waals surface area contributed by atoms with Gasteiger partial charge in [-0.05, 0) is 56.5 Å². The van der Waals surface area contributed by atoms with Crippen LogP contribution in [0, 0.1) is 6.92 Å². The summed E-state index contributed by atoms with van der Waals surface area (Å²) in [6, 6.07) is 21.1. The molecule has 0 bridgehead atoms. The Labute approximate surface area is 223 Å². The van der Waals surface area contributed by atoms with Crippen molar-refractivity contribution in [1.82, 2.24) is 9.80 Å². The number of urea groups is 1. The summed E-state index contributed by atoms with van der Waals surface area (Å²) in [5.41, 5.74) is 1.62. The molecule has 1 atom stereocenters. The van der Waals surface area contributed by atoms with E-state index in [1.54, 1.807) is 22.3 Å². The molecule has 1 aliphatic heterocycles. The van der Waals surface area contributed by atoms with Gasteiger partial charge in [-0.2, -0.15) is 0 Å². The highest BCUT2D eigenvalue weighted by Gasteiger charge is 2.27. The molecule has 2 aromatic carbocycles. The fourth-order valence-electron chi connectivity index (χ4n) is 4.36. The number of anilines is 1. The number of rotatable bonds is 11. The summed E-state index contributed by atoms with van der Waals surface area (Å²) in [6.07, 6.45) is 1.75. The van der Waals surface area contributed by atoms with Gasteiger partial charge in [0.25, 0.3) is 0 Å². The molecular weight excluding hydrogens is 486 g/mol. The Hall–Kier alpha value is -3.36. The van der Waals surface area contributed by atoms with E-state index in [0.29, 0.717) is 44.3 Å². The Morgan fingerprint density at radius 2 is 1.81 bits per heavy atom. The van der Waals surface area contributed by atoms with E-state index in [1.807, 2.05) is 60.4 Å². The normalized spacial score (nSPS) is 14.8. The molecule has 0 saturated carbocycles. The summed E-state index contributed by atoms with van der Waals surface area (Å²) < 4.78 is 11.5. The third-order valence-electron chi connectivity index (χ3n) is 6.20. The fraction of sp³-hybridized carbons (Fsp3) is 0.379. The van der Waals surface area contributed by atoms with Crippen molar-refractivity contribution >= 4 is 29.0 Å². The van der Waals surface area contributed by atoms with Crippen LogP contribution in [0.3, 0.4) is 0 Å². The van der Waals surface area contributed by atoms with Crippen LogP contribution in [0.25, 0.3) is 0 Å². The summed E-state index contributed by atoms with van der Waals surface area (Å²) in [6.45, 7) is 6.41. The maximum atomic E-state index is 13.7. The molecule has 1 N–H and O–H groups in total. The molecule has 0 aliphatic carbocycles. The summed E-state index contributed by atoms with van der Waals surface area (Å²) >= 11 is 1.68. The lowest BCUT2D eigenvalue weighted by molar-refractivity contribution is -0.133. The van der Waals surface area contributed by atoms with Gasteiger partial charge in [-0.3, -0.25) is 4.79 Å². The monoisotopic (exact) mass is 521 g/mol. The van der Waals surface area contributed by atoms with Crippen LogP contribution in [0.4, 0.5) is 10.5 Å². The first-order valence-electron chi connectivity index (χ1n) is 12.8. The Morgan fingerprint density at radius 1 is 1.03 bits per heavy atom. The van der Waals surface area contributed by atoms with Crippen molar-refractivity contribution in [3.05, 3.63) is 82.0 Å². The Kier molecular flexibility index (Phi) is 9.57. The third kappa shape index (κ3) is 7.81. The van der Waals surface area contributed by atoms with Gasteiger partial charge >= 0.3 is 6.03 Å². The van der Waals surface area contributed by atoms with E-state index in [-0.39, 0.29) is 24.6 Å². The van der Waals surface area contributed by atoms with E-state index in [2.05, 4.69) is 24.4 Å². The molecule has 2 heterocycles. The molecule has 1 aliphatic rings. The van der Waals surface area contributed by atoms with Crippen molar-refractivity contribution in [2.24, 2.45) is 0 Å². The maximum absolute atomic E-state index is 13.7. The van der Waals surface area contributed by atoms with Gasteiger partial charge in [0, 0.05) is 29.5 Å². The number of hydrogen-bond acceptors (Lipinski definition) is 5. The molecule has 7 nitrogen and oxygen atoms in total. The SMILES string of the molecule is CCOc1ccccc1NC(=O)N(CC(=O)N(Cc1ccccc1)Cc1ccc(C)s1)CC1CCCO1. The highest BCUT2D eigenvalue weighted by molar-refractivity contribution is 7.11. The van der Waals surface area contributed by atoms with Crippen LogP contribution in [0.5, 0.6) is 5.75 Å². The highest BCUT2D eigenvalue weighted by Crippen LogP contribution is 2.25. The number of hydrogen-bond donors (Lipinski definition) is 1. The van der Waals surface area contributed by atoms with E-state index >= 15 is 0 Å². The molecule has 1 fully saturated rings. The van der Waals surface area contributed by atoms with E-state index in [9.17, 15) is 9.59 Å². The molecular formula is C29H35N3O4S. The molecule has 0 radical (unpaired) electrons. The van der Waals surface area contributed by atoms with Crippen LogP contribution in [0.2, 0.25) is 0 Å². The number of ether oxygens (including phenoxy) is 2. The van der Waals surface area contributed by atoms with Gasteiger partial charge in [0.05, 0.1) is 24.9 Å². The minimum absolute atomic E-state index is 0.0420. The fourth-order valence-corrected chi connectivity index (χ4v) is 5.26. The minimum atomic E-state index is -0.345. The second kappa shape index (κ2) is 13.3. The highest BCUT2D eigenvalue weighted by atomic mass is 32.1. The number of nitrogens with zero attached hydrogens (tertiary/aromatic N) is 2. The maximum Gasteiger partial charge on any atom is 0.322 e. The molecule has 1 unspecified atom stereocenters. The summed E-state index contributed by atoms with van der Waals surface area (Å²) in [5, 5.41) is 2.95. The first-order chi connectivity index (χ1) is 18.0. The number of benzene rings is 2. The lowest BCUT2D eigenvalue weighted by Gasteiger charge is -2.29. The molecule has 0 spiro atoms. The number of para-hydroxylation sites is 2.